The van der Waals surface area contributed by atoms with Gasteiger partial charge in [-0.3, -0.25) is 5.43 Å². The van der Waals surface area contributed by atoms with E-state index in [0.717, 1.165) is 27.3 Å². The predicted molar refractivity (Wildman–Crippen MR) is 84.4 cm³/mol. The summed E-state index contributed by atoms with van der Waals surface area (Å²) in [6.45, 7) is 4.11. The number of anilines is 3. The zero-order chi connectivity index (χ0) is 14.1. The maximum atomic E-state index is 5.44. The first-order valence-electron chi connectivity index (χ1n) is 6.25. The summed E-state index contributed by atoms with van der Waals surface area (Å²) in [7, 11) is 0. The van der Waals surface area contributed by atoms with Gasteiger partial charge in [0.2, 0.25) is 5.95 Å². The van der Waals surface area contributed by atoms with Crippen LogP contribution in [0.1, 0.15) is 10.4 Å². The summed E-state index contributed by atoms with van der Waals surface area (Å²) in [5, 5.41) is 4.37. The molecule has 20 heavy (non-hydrogen) atoms. The predicted octanol–water partition coefficient (Wildman–Crippen LogP) is 3.34. The van der Waals surface area contributed by atoms with Gasteiger partial charge >= 0.3 is 0 Å². The molecular formula is C14H15N5S. The number of fused-ring (bicyclic) bond motifs is 1. The largest absolute Gasteiger partial charge is 0.339 e. The van der Waals surface area contributed by atoms with Gasteiger partial charge in [-0.25, -0.2) is 10.8 Å². The topological polar surface area (TPSA) is 75.9 Å². The Morgan fingerprint density at radius 1 is 1.15 bits per heavy atom. The third-order valence-corrected chi connectivity index (χ3v) is 3.99. The molecule has 0 radical (unpaired) electrons. The van der Waals surface area contributed by atoms with Gasteiger partial charge in [-0.05, 0) is 31.5 Å². The Morgan fingerprint density at radius 3 is 2.70 bits per heavy atom. The molecule has 0 saturated carbocycles. The molecule has 0 saturated heterocycles. The Labute approximate surface area is 120 Å². The number of hydrazine groups is 1. The van der Waals surface area contributed by atoms with Crippen molar-refractivity contribution in [3.8, 4) is 0 Å². The Morgan fingerprint density at radius 2 is 1.95 bits per heavy atom. The summed E-state index contributed by atoms with van der Waals surface area (Å²) in [5.41, 5.74) is 4.70. The van der Waals surface area contributed by atoms with Crippen molar-refractivity contribution in [2.45, 2.75) is 13.8 Å². The lowest BCUT2D eigenvalue weighted by Gasteiger charge is -2.10. The lowest BCUT2D eigenvalue weighted by molar-refractivity contribution is 1.16. The molecule has 0 bridgehead atoms. The lowest BCUT2D eigenvalue weighted by Crippen LogP contribution is -2.11. The Balaban J connectivity index is 2.12. The summed E-state index contributed by atoms with van der Waals surface area (Å²) >= 11 is 1.62. The number of nitrogens with zero attached hydrogens (tertiary/aromatic N) is 2. The molecule has 3 rings (SSSR count). The van der Waals surface area contributed by atoms with E-state index < -0.39 is 0 Å². The van der Waals surface area contributed by atoms with Crippen LogP contribution in [0, 0.1) is 13.8 Å². The van der Waals surface area contributed by atoms with E-state index in [1.165, 1.54) is 4.88 Å². The quantitative estimate of drug-likeness (QED) is 0.508. The van der Waals surface area contributed by atoms with Gasteiger partial charge in [-0.1, -0.05) is 18.2 Å². The molecule has 0 aliphatic rings. The summed E-state index contributed by atoms with van der Waals surface area (Å²) in [6, 6.07) is 10.2. The van der Waals surface area contributed by atoms with E-state index in [-0.39, 0.29) is 0 Å². The van der Waals surface area contributed by atoms with Crippen LogP contribution in [0.3, 0.4) is 0 Å². The first-order chi connectivity index (χ1) is 9.67. The van der Waals surface area contributed by atoms with Crippen LogP contribution in [0.15, 0.2) is 30.3 Å². The fourth-order valence-electron chi connectivity index (χ4n) is 2.04. The fourth-order valence-corrected chi connectivity index (χ4v) is 2.92. The number of nitrogens with one attached hydrogen (secondary N) is 2. The van der Waals surface area contributed by atoms with Crippen LogP contribution in [0.25, 0.3) is 10.2 Å². The normalized spacial score (nSPS) is 10.8. The van der Waals surface area contributed by atoms with Crippen molar-refractivity contribution in [1.82, 2.24) is 9.97 Å². The summed E-state index contributed by atoms with van der Waals surface area (Å²) in [6.07, 6.45) is 0. The van der Waals surface area contributed by atoms with E-state index >= 15 is 0 Å². The molecule has 5 nitrogen and oxygen atoms in total. The highest BCUT2D eigenvalue weighted by Gasteiger charge is 2.11. The molecule has 0 fully saturated rings. The van der Waals surface area contributed by atoms with Crippen molar-refractivity contribution >= 4 is 39.0 Å². The van der Waals surface area contributed by atoms with Gasteiger partial charge in [-0.15, -0.1) is 11.3 Å². The molecule has 0 spiro atoms. The molecule has 6 heteroatoms. The minimum atomic E-state index is 0.412. The minimum absolute atomic E-state index is 0.412. The summed E-state index contributed by atoms with van der Waals surface area (Å²) in [5.74, 6) is 6.62. The number of nitrogen functional groups attached to an aromatic ring is 1. The van der Waals surface area contributed by atoms with Gasteiger partial charge in [-0.2, -0.15) is 4.98 Å². The van der Waals surface area contributed by atoms with Crippen LogP contribution < -0.4 is 16.6 Å². The fraction of sp³-hybridized carbons (Fsp3) is 0.143. The van der Waals surface area contributed by atoms with Crippen molar-refractivity contribution in [3.05, 3.63) is 40.8 Å². The third-order valence-electron chi connectivity index (χ3n) is 3.04. The minimum Gasteiger partial charge on any atom is -0.339 e. The molecule has 0 aliphatic heterocycles. The molecule has 4 N–H and O–H groups in total. The van der Waals surface area contributed by atoms with Gasteiger partial charge in [0.1, 0.15) is 10.6 Å². The molecule has 102 valence electrons. The number of nitrogens with two attached hydrogens (primary N) is 1. The molecule has 2 heterocycles. The van der Waals surface area contributed by atoms with Crippen LogP contribution in [0.5, 0.6) is 0 Å². The number of aromatic nitrogens is 2. The highest BCUT2D eigenvalue weighted by atomic mass is 32.1. The maximum absolute atomic E-state index is 5.44. The van der Waals surface area contributed by atoms with Crippen LogP contribution in [-0.2, 0) is 0 Å². The Bertz CT molecular complexity index is 765. The number of benzene rings is 1. The lowest BCUT2D eigenvalue weighted by atomic mass is 10.2. The molecule has 0 amide bonds. The van der Waals surface area contributed by atoms with Crippen molar-refractivity contribution in [1.29, 1.82) is 0 Å². The first kappa shape index (κ1) is 12.8. The molecule has 0 aliphatic carbocycles. The van der Waals surface area contributed by atoms with Crippen molar-refractivity contribution in [3.63, 3.8) is 0 Å². The van der Waals surface area contributed by atoms with Gasteiger partial charge in [0.15, 0.2) is 0 Å². The zero-order valence-electron chi connectivity index (χ0n) is 11.3. The zero-order valence-corrected chi connectivity index (χ0v) is 12.1. The monoisotopic (exact) mass is 285 g/mol. The highest BCUT2D eigenvalue weighted by molar-refractivity contribution is 7.18. The molecule has 3 aromatic rings. The van der Waals surface area contributed by atoms with E-state index in [2.05, 4.69) is 46.7 Å². The number of para-hydroxylation sites is 1. The number of rotatable bonds is 3. The average molecular weight is 285 g/mol. The van der Waals surface area contributed by atoms with Gasteiger partial charge < -0.3 is 5.32 Å². The van der Waals surface area contributed by atoms with Crippen LogP contribution in [-0.4, -0.2) is 9.97 Å². The molecule has 2 aromatic heterocycles. The van der Waals surface area contributed by atoms with E-state index in [0.29, 0.717) is 5.95 Å². The third kappa shape index (κ3) is 2.31. The second kappa shape index (κ2) is 5.07. The molecular weight excluding hydrogens is 270 g/mol. The Hall–Kier alpha value is -2.18. The van der Waals surface area contributed by atoms with E-state index in [4.69, 9.17) is 5.84 Å². The van der Waals surface area contributed by atoms with Crippen molar-refractivity contribution < 1.29 is 0 Å². The number of thiophene rings is 1. The number of aryl methyl sites for hydroxylation is 2. The van der Waals surface area contributed by atoms with Gasteiger partial charge in [0, 0.05) is 10.6 Å². The molecule has 0 unspecified atom stereocenters. The Kier molecular flexibility index (Phi) is 3.25. The second-order valence-electron chi connectivity index (χ2n) is 4.56. The van der Waals surface area contributed by atoms with Crippen molar-refractivity contribution in [2.24, 2.45) is 5.84 Å². The SMILES string of the molecule is Cc1cc2c(Nc3ccccc3C)nc(NN)nc2s1. The highest BCUT2D eigenvalue weighted by Crippen LogP contribution is 2.31. The number of hydrogen-bond acceptors (Lipinski definition) is 6. The van der Waals surface area contributed by atoms with Crippen molar-refractivity contribution in [2.75, 3.05) is 10.7 Å². The van der Waals surface area contributed by atoms with E-state index in [1.807, 2.05) is 18.2 Å². The van der Waals surface area contributed by atoms with E-state index in [1.54, 1.807) is 11.3 Å². The van der Waals surface area contributed by atoms with E-state index in [9.17, 15) is 0 Å². The van der Waals surface area contributed by atoms with Gasteiger partial charge in [0.25, 0.3) is 0 Å². The summed E-state index contributed by atoms with van der Waals surface area (Å²) < 4.78 is 0. The van der Waals surface area contributed by atoms with Gasteiger partial charge in [0.05, 0.1) is 5.39 Å². The van der Waals surface area contributed by atoms with Crippen LogP contribution in [0.4, 0.5) is 17.5 Å². The molecule has 1 aromatic carbocycles. The van der Waals surface area contributed by atoms with Crippen LogP contribution in [0.2, 0.25) is 0 Å². The smallest absolute Gasteiger partial charge is 0.240 e. The summed E-state index contributed by atoms with van der Waals surface area (Å²) in [4.78, 5) is 10.9. The molecule has 0 atom stereocenters. The number of hydrogen-bond donors (Lipinski definition) is 3. The standard InChI is InChI=1S/C14H15N5S/c1-8-5-3-4-6-11(8)16-12-10-7-9(2)20-13(10)18-14(17-12)19-15/h3-7H,15H2,1-2H3,(H2,16,17,18,19). The first-order valence-corrected chi connectivity index (χ1v) is 7.06. The van der Waals surface area contributed by atoms with Crippen LogP contribution >= 0.6 is 11.3 Å². The maximum Gasteiger partial charge on any atom is 0.240 e. The second-order valence-corrected chi connectivity index (χ2v) is 5.79. The average Bonchev–Trinajstić information content (AvgIpc) is 2.81.